The van der Waals surface area contributed by atoms with Gasteiger partial charge < -0.3 is 19.7 Å². The van der Waals surface area contributed by atoms with Crippen molar-refractivity contribution in [1.82, 2.24) is 0 Å². The molecular formula is C21H28Cl2O4. The molecule has 0 aliphatic heterocycles. The third-order valence-corrected chi connectivity index (χ3v) is 5.54. The first-order chi connectivity index (χ1) is 12.9. The van der Waals surface area contributed by atoms with Crippen molar-refractivity contribution >= 4 is 23.2 Å². The molecule has 0 amide bonds. The van der Waals surface area contributed by atoms with Gasteiger partial charge in [-0.2, -0.15) is 0 Å². The van der Waals surface area contributed by atoms with E-state index in [9.17, 15) is 10.2 Å². The number of hydrogen-bond donors (Lipinski definition) is 2. The quantitative estimate of drug-likeness (QED) is 0.567. The fourth-order valence-electron chi connectivity index (χ4n) is 2.91. The Balaban J connectivity index is 1.94. The molecule has 0 bridgehead atoms. The van der Waals surface area contributed by atoms with Crippen LogP contribution < -0.4 is 4.74 Å². The zero-order chi connectivity index (χ0) is 19.9. The molecule has 1 aromatic rings. The molecule has 3 unspecified atom stereocenters. The number of allylic oxidation sites excluding steroid dienone is 3. The Kier molecular flexibility index (Phi) is 8.49. The maximum atomic E-state index is 9.48. The summed E-state index contributed by atoms with van der Waals surface area (Å²) in [4.78, 5) is 0. The number of halogens is 2. The molecule has 0 heterocycles. The van der Waals surface area contributed by atoms with Gasteiger partial charge in [-0.25, -0.2) is 0 Å². The van der Waals surface area contributed by atoms with E-state index in [0.717, 1.165) is 12.2 Å². The van der Waals surface area contributed by atoms with Crippen molar-refractivity contribution in [3.63, 3.8) is 0 Å². The van der Waals surface area contributed by atoms with Crippen molar-refractivity contribution in [2.45, 2.75) is 37.9 Å². The Labute approximate surface area is 171 Å². The van der Waals surface area contributed by atoms with Crippen LogP contribution in [0.15, 0.2) is 48.3 Å². The van der Waals surface area contributed by atoms with Crippen molar-refractivity contribution in [2.24, 2.45) is 5.92 Å². The number of rotatable bonds is 10. The van der Waals surface area contributed by atoms with Gasteiger partial charge in [0.25, 0.3) is 0 Å². The topological polar surface area (TPSA) is 58.9 Å². The smallest absolute Gasteiger partial charge is 0.119 e. The Hall–Kier alpha value is -1.20. The monoisotopic (exact) mass is 414 g/mol. The van der Waals surface area contributed by atoms with E-state index in [1.807, 2.05) is 18.2 Å². The Morgan fingerprint density at radius 2 is 1.63 bits per heavy atom. The van der Waals surface area contributed by atoms with Gasteiger partial charge in [0, 0.05) is 0 Å². The molecule has 150 valence electrons. The molecule has 0 radical (unpaired) electrons. The van der Waals surface area contributed by atoms with Gasteiger partial charge in [0.15, 0.2) is 0 Å². The summed E-state index contributed by atoms with van der Waals surface area (Å²) in [5, 5.41) is 19.0. The van der Waals surface area contributed by atoms with Crippen LogP contribution in [0.5, 0.6) is 5.75 Å². The van der Waals surface area contributed by atoms with Crippen LogP contribution in [0.4, 0.5) is 0 Å². The molecule has 1 aliphatic rings. The first-order valence-corrected chi connectivity index (χ1v) is 10.2. The highest BCUT2D eigenvalue weighted by Crippen LogP contribution is 2.38. The number of benzene rings is 1. The molecule has 0 saturated carbocycles. The maximum absolute atomic E-state index is 9.48. The third kappa shape index (κ3) is 6.42. The van der Waals surface area contributed by atoms with E-state index in [2.05, 4.69) is 38.1 Å². The Bertz CT molecular complexity index is 640. The van der Waals surface area contributed by atoms with Crippen LogP contribution in [-0.4, -0.2) is 47.4 Å². The van der Waals surface area contributed by atoms with Crippen LogP contribution in [0.25, 0.3) is 0 Å². The minimum atomic E-state index is -0.663. The van der Waals surface area contributed by atoms with E-state index in [1.165, 1.54) is 5.56 Å². The van der Waals surface area contributed by atoms with Crippen LogP contribution in [0, 0.1) is 5.92 Å². The molecule has 0 aromatic heterocycles. The normalized spacial score (nSPS) is 19.3. The average Bonchev–Trinajstić information content (AvgIpc) is 2.70. The second-order valence-corrected chi connectivity index (χ2v) is 7.91. The summed E-state index contributed by atoms with van der Waals surface area (Å²) in [5.41, 5.74) is 1.14. The first-order valence-electron chi connectivity index (χ1n) is 9.09. The molecule has 1 aromatic carbocycles. The number of aliphatic hydroxyl groups excluding tert-OH is 2. The molecule has 4 nitrogen and oxygen atoms in total. The molecule has 27 heavy (non-hydrogen) atoms. The summed E-state index contributed by atoms with van der Waals surface area (Å²) < 4.78 is 11.1. The standard InChI is InChI=1S/C21H28Cl2O4/c1-21(2,15-3-7-19(8-4-15)26-13-17(24)11-22)16-5-9-20(10-6-16)27-14-18(25)12-23/h3-5,7-10,16-18,24-25H,6,11-14H2,1-2H3. The van der Waals surface area contributed by atoms with Gasteiger partial charge in [0.2, 0.25) is 0 Å². The summed E-state index contributed by atoms with van der Waals surface area (Å²) in [6.07, 6.45) is 5.71. The van der Waals surface area contributed by atoms with Gasteiger partial charge in [0.05, 0.1) is 11.8 Å². The highest BCUT2D eigenvalue weighted by atomic mass is 35.5. The lowest BCUT2D eigenvalue weighted by Gasteiger charge is -2.34. The van der Waals surface area contributed by atoms with Gasteiger partial charge >= 0.3 is 0 Å². The van der Waals surface area contributed by atoms with E-state index in [1.54, 1.807) is 0 Å². The van der Waals surface area contributed by atoms with E-state index >= 15 is 0 Å². The molecule has 3 atom stereocenters. The zero-order valence-electron chi connectivity index (χ0n) is 15.8. The second kappa shape index (κ2) is 10.4. The second-order valence-electron chi connectivity index (χ2n) is 7.29. The molecule has 2 N–H and O–H groups in total. The van der Waals surface area contributed by atoms with Crippen molar-refractivity contribution < 1.29 is 19.7 Å². The van der Waals surface area contributed by atoms with Crippen molar-refractivity contribution in [2.75, 3.05) is 25.0 Å². The van der Waals surface area contributed by atoms with Gasteiger partial charge in [-0.05, 0) is 47.6 Å². The largest absolute Gasteiger partial charge is 0.491 e. The maximum Gasteiger partial charge on any atom is 0.119 e. The molecule has 0 spiro atoms. The van der Waals surface area contributed by atoms with E-state index in [0.29, 0.717) is 11.7 Å². The summed E-state index contributed by atoms with van der Waals surface area (Å²) in [7, 11) is 0. The summed E-state index contributed by atoms with van der Waals surface area (Å²) in [5.74, 6) is 2.13. The van der Waals surface area contributed by atoms with Gasteiger partial charge in [-0.3, -0.25) is 0 Å². The number of hydrogen-bond acceptors (Lipinski definition) is 4. The first kappa shape index (κ1) is 22.1. The third-order valence-electron chi connectivity index (χ3n) is 4.83. The van der Waals surface area contributed by atoms with Crippen LogP contribution in [0.3, 0.4) is 0 Å². The predicted octanol–water partition coefficient (Wildman–Crippen LogP) is 4.02. The molecule has 0 saturated heterocycles. The Morgan fingerprint density at radius 1 is 1.04 bits per heavy atom. The van der Waals surface area contributed by atoms with E-state index < -0.39 is 12.2 Å². The average molecular weight is 415 g/mol. The number of aliphatic hydroxyl groups is 2. The lowest BCUT2D eigenvalue weighted by molar-refractivity contribution is 0.0893. The molecule has 6 heteroatoms. The van der Waals surface area contributed by atoms with Gasteiger partial charge in [0.1, 0.15) is 36.9 Å². The zero-order valence-corrected chi connectivity index (χ0v) is 17.3. The Morgan fingerprint density at radius 3 is 2.15 bits per heavy atom. The summed E-state index contributed by atoms with van der Waals surface area (Å²) >= 11 is 11.2. The molecule has 1 aliphatic carbocycles. The highest BCUT2D eigenvalue weighted by Gasteiger charge is 2.30. The van der Waals surface area contributed by atoms with Gasteiger partial charge in [-0.1, -0.05) is 32.1 Å². The van der Waals surface area contributed by atoms with E-state index in [4.69, 9.17) is 32.7 Å². The minimum absolute atomic E-state index is 0.0671. The minimum Gasteiger partial charge on any atom is -0.491 e. The SMILES string of the molecule is CC(C)(c1ccc(OCC(O)CCl)cc1)C1C=CC(OCC(O)CCl)=CC1. The summed E-state index contributed by atoms with van der Waals surface area (Å²) in [6.45, 7) is 4.81. The van der Waals surface area contributed by atoms with E-state index in [-0.39, 0.29) is 30.4 Å². The lowest BCUT2D eigenvalue weighted by atomic mass is 9.71. The van der Waals surface area contributed by atoms with Crippen LogP contribution >= 0.6 is 23.2 Å². The van der Waals surface area contributed by atoms with Crippen LogP contribution in [-0.2, 0) is 10.2 Å². The summed E-state index contributed by atoms with van der Waals surface area (Å²) in [6, 6.07) is 7.95. The fraction of sp³-hybridized carbons (Fsp3) is 0.524. The molecular weight excluding hydrogens is 387 g/mol. The lowest BCUT2D eigenvalue weighted by Crippen LogP contribution is -2.28. The molecule has 2 rings (SSSR count). The molecule has 0 fully saturated rings. The predicted molar refractivity (Wildman–Crippen MR) is 110 cm³/mol. The highest BCUT2D eigenvalue weighted by molar-refractivity contribution is 6.18. The van der Waals surface area contributed by atoms with Crippen molar-refractivity contribution in [1.29, 1.82) is 0 Å². The van der Waals surface area contributed by atoms with Crippen molar-refractivity contribution in [3.8, 4) is 5.75 Å². The van der Waals surface area contributed by atoms with Gasteiger partial charge in [-0.15, -0.1) is 23.2 Å². The number of alkyl halides is 2. The van der Waals surface area contributed by atoms with Crippen molar-refractivity contribution in [3.05, 3.63) is 53.8 Å². The van der Waals surface area contributed by atoms with Crippen LogP contribution in [0.1, 0.15) is 25.8 Å². The fourth-order valence-corrected chi connectivity index (χ4v) is 3.09. The number of ether oxygens (including phenoxy) is 2. The van der Waals surface area contributed by atoms with Crippen LogP contribution in [0.2, 0.25) is 0 Å².